The van der Waals surface area contributed by atoms with Gasteiger partial charge in [-0.1, -0.05) is 0 Å². The van der Waals surface area contributed by atoms with Crippen molar-refractivity contribution < 1.29 is 50.1 Å². The maximum absolute atomic E-state index is 10.3. The molecule has 0 fully saturated rings. The van der Waals surface area contributed by atoms with Gasteiger partial charge < -0.3 is 35.7 Å². The van der Waals surface area contributed by atoms with E-state index in [-0.39, 0.29) is 13.2 Å². The first kappa shape index (κ1) is 24.3. The van der Waals surface area contributed by atoms with E-state index < -0.39 is 42.5 Å². The van der Waals surface area contributed by atoms with Gasteiger partial charge >= 0.3 is 17.9 Å². The van der Waals surface area contributed by atoms with Crippen LogP contribution in [0.4, 0.5) is 0 Å². The van der Waals surface area contributed by atoms with Crippen molar-refractivity contribution in [3.05, 3.63) is 0 Å². The lowest BCUT2D eigenvalue weighted by molar-refractivity contribution is -0.170. The smallest absolute Gasteiger partial charge is 0.336 e. The molecule has 10 heteroatoms. The van der Waals surface area contributed by atoms with Gasteiger partial charge in [-0.25, -0.2) is 4.79 Å². The second-order valence-corrected chi connectivity index (χ2v) is 3.83. The molecule has 0 aromatic heterocycles. The number of hydrogen-bond acceptors (Lipinski definition) is 7. The number of aliphatic carboxylic acids is 3. The van der Waals surface area contributed by atoms with E-state index >= 15 is 0 Å². The summed E-state index contributed by atoms with van der Waals surface area (Å²) in [4.78, 5) is 30.5. The number of hydrogen-bond donors (Lipinski definition) is 7. The third-order valence-corrected chi connectivity index (χ3v) is 1.55. The highest BCUT2D eigenvalue weighted by molar-refractivity contribution is 5.88. The molecule has 10 nitrogen and oxygen atoms in total. The third-order valence-electron chi connectivity index (χ3n) is 1.55. The Bertz CT molecular complexity index is 296. The summed E-state index contributed by atoms with van der Waals surface area (Å²) in [6.45, 7) is 3.32. The van der Waals surface area contributed by atoms with Crippen LogP contribution in [0.5, 0.6) is 0 Å². The number of rotatable bonds is 6. The monoisotopic (exact) mass is 314 g/mol. The topological polar surface area (TPSA) is 193 Å². The van der Waals surface area contributed by atoms with E-state index in [1.807, 2.05) is 0 Å². The lowest BCUT2D eigenvalue weighted by Gasteiger charge is -2.18. The van der Waals surface area contributed by atoms with Gasteiger partial charge in [-0.05, 0) is 13.8 Å². The Morgan fingerprint density at radius 1 is 1.00 bits per heavy atom. The Labute approximate surface area is 120 Å². The van der Waals surface area contributed by atoms with Crippen LogP contribution in [-0.2, 0) is 14.4 Å². The van der Waals surface area contributed by atoms with Gasteiger partial charge in [0.05, 0.1) is 25.6 Å². The van der Waals surface area contributed by atoms with Crippen LogP contribution in [0, 0.1) is 0 Å². The molecule has 1 atom stereocenters. The zero-order valence-electron chi connectivity index (χ0n) is 11.8. The summed E-state index contributed by atoms with van der Waals surface area (Å²) in [5.41, 5.74) is -2.74. The highest BCUT2D eigenvalue weighted by Crippen LogP contribution is 2.15. The molecule has 0 aliphatic carbocycles. The van der Waals surface area contributed by atoms with E-state index in [9.17, 15) is 14.4 Å². The van der Waals surface area contributed by atoms with Crippen molar-refractivity contribution in [3.63, 3.8) is 0 Å². The van der Waals surface area contributed by atoms with E-state index in [1.165, 1.54) is 6.92 Å². The van der Waals surface area contributed by atoms with Crippen molar-refractivity contribution in [2.45, 2.75) is 38.4 Å². The maximum Gasteiger partial charge on any atom is 0.336 e. The molecule has 0 amide bonds. The number of carboxylic acid groups (broad SMARTS) is 3. The van der Waals surface area contributed by atoms with Gasteiger partial charge in [0.25, 0.3) is 0 Å². The molecular formula is C11H22O10. The van der Waals surface area contributed by atoms with Crippen molar-refractivity contribution in [2.24, 2.45) is 0 Å². The van der Waals surface area contributed by atoms with Gasteiger partial charge in [-0.15, -0.1) is 0 Å². The highest BCUT2D eigenvalue weighted by atomic mass is 16.4. The number of aliphatic hydroxyl groups is 4. The summed E-state index contributed by atoms with van der Waals surface area (Å²) in [6, 6.07) is 0. The molecule has 21 heavy (non-hydrogen) atoms. The minimum Gasteiger partial charge on any atom is -0.481 e. The first-order chi connectivity index (χ1) is 9.46. The number of carboxylic acids is 3. The fourth-order valence-electron chi connectivity index (χ4n) is 0.714. The summed E-state index contributed by atoms with van der Waals surface area (Å²) in [5.74, 6) is -5.02. The summed E-state index contributed by atoms with van der Waals surface area (Å²) in [5, 5.41) is 57.4. The molecule has 0 radical (unpaired) electrons. The van der Waals surface area contributed by atoms with Gasteiger partial charge in [0.1, 0.15) is 0 Å². The van der Waals surface area contributed by atoms with Crippen LogP contribution in [0.15, 0.2) is 0 Å². The SMILES string of the molecule is CC(O)CO.CCO.O=C(O)CC(O)(CC(=O)O)C(=O)O. The molecule has 0 spiro atoms. The van der Waals surface area contributed by atoms with Crippen molar-refractivity contribution in [1.82, 2.24) is 0 Å². The van der Waals surface area contributed by atoms with E-state index in [2.05, 4.69) is 0 Å². The molecular weight excluding hydrogens is 292 g/mol. The Balaban J connectivity index is -0.000000335. The van der Waals surface area contributed by atoms with Crippen molar-refractivity contribution in [1.29, 1.82) is 0 Å². The van der Waals surface area contributed by atoms with E-state index in [4.69, 9.17) is 35.7 Å². The summed E-state index contributed by atoms with van der Waals surface area (Å²) >= 11 is 0. The van der Waals surface area contributed by atoms with E-state index in [1.54, 1.807) is 6.92 Å². The molecule has 0 aliphatic heterocycles. The first-order valence-corrected chi connectivity index (χ1v) is 5.75. The normalized spacial score (nSPS) is 11.1. The maximum atomic E-state index is 10.3. The zero-order chi connectivity index (χ0) is 17.6. The average molecular weight is 314 g/mol. The molecule has 0 saturated carbocycles. The second kappa shape index (κ2) is 13.2. The summed E-state index contributed by atoms with van der Waals surface area (Å²) in [6.07, 6.45) is -2.85. The predicted octanol–water partition coefficient (Wildman–Crippen LogP) is -1.89. The van der Waals surface area contributed by atoms with Crippen LogP contribution < -0.4 is 0 Å². The minimum absolute atomic E-state index is 0.139. The largest absolute Gasteiger partial charge is 0.481 e. The quantitative estimate of drug-likeness (QED) is 0.291. The van der Waals surface area contributed by atoms with Crippen LogP contribution in [0.25, 0.3) is 0 Å². The van der Waals surface area contributed by atoms with Crippen LogP contribution in [0.1, 0.15) is 26.7 Å². The standard InChI is InChI=1S/C6H8O7.C3H8O2.C2H6O/c7-3(8)1-6(13,5(11)12)2-4(9)10;1-3(5)2-4;1-2-3/h13H,1-2H2,(H,7,8)(H,9,10)(H,11,12);3-5H,2H2,1H3;3H,2H2,1H3. The van der Waals surface area contributed by atoms with Gasteiger partial charge in [0.15, 0.2) is 5.60 Å². The number of aliphatic hydroxyl groups excluding tert-OH is 3. The van der Waals surface area contributed by atoms with Crippen molar-refractivity contribution >= 4 is 17.9 Å². The lowest BCUT2D eigenvalue weighted by Crippen LogP contribution is -2.42. The van der Waals surface area contributed by atoms with E-state index in [0.29, 0.717) is 0 Å². The average Bonchev–Trinajstić information content (AvgIpc) is 2.28. The molecule has 0 saturated heterocycles. The van der Waals surface area contributed by atoms with Crippen LogP contribution >= 0.6 is 0 Å². The molecule has 0 aliphatic rings. The molecule has 0 aromatic carbocycles. The Morgan fingerprint density at radius 3 is 1.33 bits per heavy atom. The predicted molar refractivity (Wildman–Crippen MR) is 68.6 cm³/mol. The third kappa shape index (κ3) is 18.2. The Morgan fingerprint density at radius 2 is 1.24 bits per heavy atom. The zero-order valence-corrected chi connectivity index (χ0v) is 11.8. The highest BCUT2D eigenvalue weighted by Gasteiger charge is 2.40. The first-order valence-electron chi connectivity index (χ1n) is 5.75. The molecule has 126 valence electrons. The van der Waals surface area contributed by atoms with Crippen LogP contribution in [0.2, 0.25) is 0 Å². The van der Waals surface area contributed by atoms with E-state index in [0.717, 1.165) is 0 Å². The molecule has 0 bridgehead atoms. The Hall–Kier alpha value is -1.75. The fourth-order valence-corrected chi connectivity index (χ4v) is 0.714. The van der Waals surface area contributed by atoms with Gasteiger partial charge in [-0.2, -0.15) is 0 Å². The lowest BCUT2D eigenvalue weighted by atomic mass is 9.96. The molecule has 0 rings (SSSR count). The molecule has 7 N–H and O–H groups in total. The second-order valence-electron chi connectivity index (χ2n) is 3.83. The van der Waals surface area contributed by atoms with Gasteiger partial charge in [-0.3, -0.25) is 9.59 Å². The molecule has 0 aromatic rings. The van der Waals surface area contributed by atoms with Crippen LogP contribution in [0.3, 0.4) is 0 Å². The summed E-state index contributed by atoms with van der Waals surface area (Å²) in [7, 11) is 0. The van der Waals surface area contributed by atoms with Gasteiger partial charge in [0.2, 0.25) is 0 Å². The Kier molecular flexibility index (Phi) is 15.3. The number of carbonyl (C=O) groups is 3. The molecule has 1 unspecified atom stereocenters. The summed E-state index contributed by atoms with van der Waals surface area (Å²) < 4.78 is 0. The van der Waals surface area contributed by atoms with Crippen LogP contribution in [-0.4, -0.2) is 78.6 Å². The molecule has 0 heterocycles. The fraction of sp³-hybridized carbons (Fsp3) is 0.727. The van der Waals surface area contributed by atoms with Crippen molar-refractivity contribution in [2.75, 3.05) is 13.2 Å². The van der Waals surface area contributed by atoms with Crippen molar-refractivity contribution in [3.8, 4) is 0 Å². The van der Waals surface area contributed by atoms with Gasteiger partial charge in [0, 0.05) is 6.61 Å². The minimum atomic E-state index is -2.74.